The molecule has 0 fully saturated rings. The molecule has 0 aliphatic heterocycles. The summed E-state index contributed by atoms with van der Waals surface area (Å²) in [5.74, 6) is 1.30. The van der Waals surface area contributed by atoms with Gasteiger partial charge in [-0.25, -0.2) is 0 Å². The lowest BCUT2D eigenvalue weighted by molar-refractivity contribution is -0.118. The molecule has 0 saturated carbocycles. The first kappa shape index (κ1) is 21.1. The summed E-state index contributed by atoms with van der Waals surface area (Å²) in [5, 5.41) is 7.15. The Morgan fingerprint density at radius 1 is 0.844 bits per heavy atom. The SMILES string of the molecule is O=C(COc1ccccc1OCc1ccccc1)Nc1ccn(CCc2ccncc2)n1. The van der Waals surface area contributed by atoms with Gasteiger partial charge in [0.15, 0.2) is 23.9 Å². The molecular formula is C25H24N4O3. The molecular weight excluding hydrogens is 404 g/mol. The predicted octanol–water partition coefficient (Wildman–Crippen LogP) is 4.12. The Morgan fingerprint density at radius 3 is 2.34 bits per heavy atom. The molecule has 7 nitrogen and oxygen atoms in total. The first-order valence-electron chi connectivity index (χ1n) is 10.4. The van der Waals surface area contributed by atoms with Gasteiger partial charge >= 0.3 is 0 Å². The van der Waals surface area contributed by atoms with Gasteiger partial charge in [-0.1, -0.05) is 42.5 Å². The lowest BCUT2D eigenvalue weighted by atomic mass is 10.2. The monoisotopic (exact) mass is 428 g/mol. The fraction of sp³-hybridized carbons (Fsp3) is 0.160. The Morgan fingerprint density at radius 2 is 1.56 bits per heavy atom. The van der Waals surface area contributed by atoms with E-state index in [0.29, 0.717) is 30.5 Å². The quantitative estimate of drug-likeness (QED) is 0.411. The molecule has 0 aliphatic rings. The number of ether oxygens (including phenoxy) is 2. The molecule has 4 rings (SSSR count). The topological polar surface area (TPSA) is 78.3 Å². The summed E-state index contributed by atoms with van der Waals surface area (Å²) in [7, 11) is 0. The number of carbonyl (C=O) groups is 1. The van der Waals surface area contributed by atoms with E-state index in [1.165, 1.54) is 5.56 Å². The summed E-state index contributed by atoms with van der Waals surface area (Å²) in [6, 6.07) is 22.9. The zero-order chi connectivity index (χ0) is 22.0. The van der Waals surface area contributed by atoms with Crippen molar-refractivity contribution in [3.05, 3.63) is 103 Å². The van der Waals surface area contributed by atoms with Gasteiger partial charge < -0.3 is 14.8 Å². The number of anilines is 1. The van der Waals surface area contributed by atoms with Gasteiger partial charge in [0.1, 0.15) is 6.61 Å². The molecule has 7 heteroatoms. The fourth-order valence-corrected chi connectivity index (χ4v) is 3.09. The maximum Gasteiger partial charge on any atom is 0.263 e. The molecule has 0 radical (unpaired) electrons. The maximum absolute atomic E-state index is 12.3. The highest BCUT2D eigenvalue weighted by molar-refractivity contribution is 5.90. The third kappa shape index (κ3) is 6.18. The summed E-state index contributed by atoms with van der Waals surface area (Å²) in [4.78, 5) is 16.3. The second kappa shape index (κ2) is 10.8. The van der Waals surface area contributed by atoms with E-state index in [2.05, 4.69) is 15.4 Å². The molecule has 0 aliphatic carbocycles. The van der Waals surface area contributed by atoms with E-state index >= 15 is 0 Å². The Kier molecular flexibility index (Phi) is 7.10. The lowest BCUT2D eigenvalue weighted by Crippen LogP contribution is -2.20. The van der Waals surface area contributed by atoms with Gasteiger partial charge in [0.2, 0.25) is 0 Å². The molecule has 162 valence electrons. The molecule has 32 heavy (non-hydrogen) atoms. The molecule has 2 aromatic carbocycles. The van der Waals surface area contributed by atoms with Crippen LogP contribution in [-0.2, 0) is 24.4 Å². The van der Waals surface area contributed by atoms with Crippen LogP contribution in [0.2, 0.25) is 0 Å². The first-order chi connectivity index (χ1) is 15.8. The number of para-hydroxylation sites is 2. The molecule has 0 saturated heterocycles. The highest BCUT2D eigenvalue weighted by Crippen LogP contribution is 2.27. The van der Waals surface area contributed by atoms with Crippen LogP contribution in [0.3, 0.4) is 0 Å². The largest absolute Gasteiger partial charge is 0.485 e. The van der Waals surface area contributed by atoms with Gasteiger partial charge in [0, 0.05) is 31.2 Å². The van der Waals surface area contributed by atoms with E-state index in [1.807, 2.05) is 66.9 Å². The fourth-order valence-electron chi connectivity index (χ4n) is 3.09. The van der Waals surface area contributed by atoms with Gasteiger partial charge in [0.25, 0.3) is 5.91 Å². The normalized spacial score (nSPS) is 10.5. The van der Waals surface area contributed by atoms with Gasteiger partial charge in [-0.2, -0.15) is 5.10 Å². The van der Waals surface area contributed by atoms with E-state index in [1.54, 1.807) is 29.2 Å². The number of hydrogen-bond donors (Lipinski definition) is 1. The maximum atomic E-state index is 12.3. The van der Waals surface area contributed by atoms with Crippen LogP contribution in [0.1, 0.15) is 11.1 Å². The first-order valence-corrected chi connectivity index (χ1v) is 10.4. The van der Waals surface area contributed by atoms with E-state index in [0.717, 1.165) is 12.0 Å². The minimum absolute atomic E-state index is 0.143. The smallest absolute Gasteiger partial charge is 0.263 e. The summed E-state index contributed by atoms with van der Waals surface area (Å²) < 4.78 is 13.4. The van der Waals surface area contributed by atoms with Gasteiger partial charge in [-0.05, 0) is 41.8 Å². The van der Waals surface area contributed by atoms with Crippen LogP contribution in [0.4, 0.5) is 5.82 Å². The number of carbonyl (C=O) groups excluding carboxylic acids is 1. The van der Waals surface area contributed by atoms with Crippen LogP contribution < -0.4 is 14.8 Å². The van der Waals surface area contributed by atoms with Crippen molar-refractivity contribution in [3.8, 4) is 11.5 Å². The molecule has 0 spiro atoms. The van der Waals surface area contributed by atoms with Gasteiger partial charge in [0.05, 0.1) is 0 Å². The zero-order valence-corrected chi connectivity index (χ0v) is 17.6. The molecule has 4 aromatic rings. The van der Waals surface area contributed by atoms with Gasteiger partial charge in [-0.15, -0.1) is 0 Å². The van der Waals surface area contributed by atoms with Crippen LogP contribution >= 0.6 is 0 Å². The summed E-state index contributed by atoms with van der Waals surface area (Å²) >= 11 is 0. The second-order valence-electron chi connectivity index (χ2n) is 7.13. The summed E-state index contributed by atoms with van der Waals surface area (Å²) in [5.41, 5.74) is 2.24. The molecule has 2 aromatic heterocycles. The van der Waals surface area contributed by atoms with E-state index < -0.39 is 0 Å². The highest BCUT2D eigenvalue weighted by atomic mass is 16.5. The van der Waals surface area contributed by atoms with Crippen LogP contribution in [0.15, 0.2) is 91.4 Å². The molecule has 0 bridgehead atoms. The van der Waals surface area contributed by atoms with E-state index in [4.69, 9.17) is 9.47 Å². The van der Waals surface area contributed by atoms with Crippen molar-refractivity contribution in [1.29, 1.82) is 0 Å². The second-order valence-corrected chi connectivity index (χ2v) is 7.13. The standard InChI is InChI=1S/C25H24N4O3/c30-25(27-24-13-17-29(28-24)16-12-20-10-14-26-15-11-20)19-32-23-9-5-4-8-22(23)31-18-21-6-2-1-3-7-21/h1-11,13-15,17H,12,16,18-19H2,(H,27,28,30). The number of hydrogen-bond acceptors (Lipinski definition) is 5. The summed E-state index contributed by atoms with van der Waals surface area (Å²) in [6.07, 6.45) is 6.22. The van der Waals surface area contributed by atoms with Crippen molar-refractivity contribution < 1.29 is 14.3 Å². The van der Waals surface area contributed by atoms with Crippen molar-refractivity contribution in [3.63, 3.8) is 0 Å². The number of nitrogens with one attached hydrogen (secondary N) is 1. The van der Waals surface area contributed by atoms with Crippen molar-refractivity contribution in [2.45, 2.75) is 19.6 Å². The van der Waals surface area contributed by atoms with E-state index in [-0.39, 0.29) is 12.5 Å². The Balaban J connectivity index is 1.26. The molecule has 2 heterocycles. The van der Waals surface area contributed by atoms with E-state index in [9.17, 15) is 4.79 Å². The van der Waals surface area contributed by atoms with Crippen LogP contribution in [0, 0.1) is 0 Å². The summed E-state index contributed by atoms with van der Waals surface area (Å²) in [6.45, 7) is 0.989. The Bertz CT molecular complexity index is 1130. The molecule has 1 amide bonds. The number of aryl methyl sites for hydroxylation is 2. The third-order valence-electron chi connectivity index (χ3n) is 4.73. The van der Waals surface area contributed by atoms with Crippen LogP contribution in [-0.4, -0.2) is 27.3 Å². The lowest BCUT2D eigenvalue weighted by Gasteiger charge is -2.12. The highest BCUT2D eigenvalue weighted by Gasteiger charge is 2.10. The molecule has 1 N–H and O–H groups in total. The predicted molar refractivity (Wildman–Crippen MR) is 122 cm³/mol. The average Bonchev–Trinajstić information content (AvgIpc) is 3.29. The Labute approximate surface area is 186 Å². The van der Waals surface area contributed by atoms with Crippen molar-refractivity contribution >= 4 is 11.7 Å². The van der Waals surface area contributed by atoms with Crippen LogP contribution in [0.25, 0.3) is 0 Å². The number of rotatable bonds is 10. The zero-order valence-electron chi connectivity index (χ0n) is 17.6. The molecule has 0 atom stereocenters. The third-order valence-corrected chi connectivity index (χ3v) is 4.73. The Hall–Kier alpha value is -4.13. The number of amides is 1. The molecule has 0 unspecified atom stereocenters. The minimum atomic E-state index is -0.290. The number of benzene rings is 2. The average molecular weight is 428 g/mol. The number of nitrogens with zero attached hydrogens (tertiary/aromatic N) is 3. The number of aromatic nitrogens is 3. The van der Waals surface area contributed by atoms with Crippen molar-refractivity contribution in [1.82, 2.24) is 14.8 Å². The van der Waals surface area contributed by atoms with Crippen molar-refractivity contribution in [2.24, 2.45) is 0 Å². The minimum Gasteiger partial charge on any atom is -0.485 e. The van der Waals surface area contributed by atoms with Crippen molar-refractivity contribution in [2.75, 3.05) is 11.9 Å². The van der Waals surface area contributed by atoms with Gasteiger partial charge in [-0.3, -0.25) is 14.5 Å². The van der Waals surface area contributed by atoms with Crippen LogP contribution in [0.5, 0.6) is 11.5 Å². The number of pyridine rings is 1.